The monoisotopic (exact) mass is 465 g/mol. The van der Waals surface area contributed by atoms with Crippen molar-refractivity contribution in [3.63, 3.8) is 0 Å². The molecule has 0 aliphatic heterocycles. The summed E-state index contributed by atoms with van der Waals surface area (Å²) in [5.41, 5.74) is 10.6. The van der Waals surface area contributed by atoms with Crippen LogP contribution in [0.2, 0.25) is 0 Å². The minimum atomic E-state index is -1.51. The molecule has 31 heavy (non-hydrogen) atoms. The number of amides is 4. The number of carboxylic acid groups (broad SMARTS) is 1. The fourth-order valence-corrected chi connectivity index (χ4v) is 2.75. The lowest BCUT2D eigenvalue weighted by molar-refractivity contribution is -0.142. The molecule has 0 aliphatic carbocycles. The number of hydrogen-bond acceptors (Lipinski definition) is 9. The van der Waals surface area contributed by atoms with Crippen molar-refractivity contribution in [3.8, 4) is 0 Å². The lowest BCUT2D eigenvalue weighted by Crippen LogP contribution is -2.59. The Labute approximate surface area is 183 Å². The molecule has 0 fully saturated rings. The van der Waals surface area contributed by atoms with Gasteiger partial charge in [-0.1, -0.05) is 0 Å². The largest absolute Gasteiger partial charge is 0.480 e. The number of hydrogen-bond donors (Lipinski definition) is 8. The number of nitrogens with two attached hydrogens (primary N) is 2. The second-order valence-corrected chi connectivity index (χ2v) is 7.74. The molecule has 0 aliphatic rings. The highest BCUT2D eigenvalue weighted by atomic mass is 32.2. The van der Waals surface area contributed by atoms with Gasteiger partial charge in [0.15, 0.2) is 0 Å². The van der Waals surface area contributed by atoms with E-state index in [1.54, 1.807) is 6.26 Å². The molecule has 0 spiro atoms. The van der Waals surface area contributed by atoms with E-state index in [2.05, 4.69) is 16.0 Å². The fraction of sp³-hybridized carbons (Fsp3) is 0.706. The number of aliphatic carboxylic acids is 1. The van der Waals surface area contributed by atoms with E-state index in [4.69, 9.17) is 11.5 Å². The van der Waals surface area contributed by atoms with E-state index in [0.29, 0.717) is 5.75 Å². The third kappa shape index (κ3) is 11.0. The number of nitrogens with one attached hydrogen (secondary N) is 3. The molecule has 0 aromatic rings. The highest BCUT2D eigenvalue weighted by molar-refractivity contribution is 7.98. The number of carbonyl (C=O) groups excluding carboxylic acids is 4. The summed E-state index contributed by atoms with van der Waals surface area (Å²) in [4.78, 5) is 59.3. The first-order valence-corrected chi connectivity index (χ1v) is 10.8. The number of rotatable bonds is 15. The van der Waals surface area contributed by atoms with Crippen molar-refractivity contribution in [1.29, 1.82) is 0 Å². The van der Waals surface area contributed by atoms with Gasteiger partial charge in [-0.25, -0.2) is 4.79 Å². The van der Waals surface area contributed by atoms with Crippen LogP contribution in [0.3, 0.4) is 0 Å². The minimum absolute atomic E-state index is 0.128. The molecule has 4 amide bonds. The average Bonchev–Trinajstić information content (AvgIpc) is 2.70. The molecular weight excluding hydrogens is 434 g/mol. The topological polar surface area (TPSA) is 234 Å². The Morgan fingerprint density at radius 1 is 0.935 bits per heavy atom. The first-order chi connectivity index (χ1) is 14.4. The van der Waals surface area contributed by atoms with Crippen molar-refractivity contribution in [2.24, 2.45) is 11.5 Å². The number of primary amides is 1. The summed E-state index contributed by atoms with van der Waals surface area (Å²) in [6.07, 6.45) is 0.160. The lowest BCUT2D eigenvalue weighted by Gasteiger charge is -2.24. The summed E-state index contributed by atoms with van der Waals surface area (Å²) in [6.45, 7) is 0.418. The fourth-order valence-electron chi connectivity index (χ4n) is 2.27. The zero-order chi connectivity index (χ0) is 24.1. The van der Waals surface area contributed by atoms with E-state index in [-0.39, 0.29) is 19.3 Å². The standard InChI is InChI=1S/C17H31N5O8S/c1-8(24)13(19)16(28)20-9(3-4-12(18)25)14(26)22-11(7-23)15(27)21-10(17(29)30)5-6-31-2/h8-11,13,23-24H,3-7,19H2,1-2H3,(H2,18,25)(H,20,28)(H,21,27)(H,22,26)(H,29,30). The second-order valence-electron chi connectivity index (χ2n) is 6.76. The van der Waals surface area contributed by atoms with Crippen LogP contribution in [-0.2, 0) is 24.0 Å². The summed E-state index contributed by atoms with van der Waals surface area (Å²) in [5, 5.41) is 34.8. The molecule has 5 unspecified atom stereocenters. The van der Waals surface area contributed by atoms with Crippen molar-refractivity contribution in [2.45, 2.75) is 56.5 Å². The maximum absolute atomic E-state index is 12.6. The van der Waals surface area contributed by atoms with Crippen LogP contribution in [0.4, 0.5) is 0 Å². The Morgan fingerprint density at radius 3 is 1.90 bits per heavy atom. The van der Waals surface area contributed by atoms with Crippen LogP contribution in [0.5, 0.6) is 0 Å². The third-order valence-electron chi connectivity index (χ3n) is 4.18. The zero-order valence-corrected chi connectivity index (χ0v) is 18.2. The molecular formula is C17H31N5O8S. The van der Waals surface area contributed by atoms with Gasteiger partial charge in [0.25, 0.3) is 0 Å². The average molecular weight is 466 g/mol. The minimum Gasteiger partial charge on any atom is -0.480 e. The Balaban J connectivity index is 5.26. The van der Waals surface area contributed by atoms with Gasteiger partial charge in [-0.15, -0.1) is 0 Å². The molecule has 14 heteroatoms. The van der Waals surface area contributed by atoms with E-state index in [9.17, 15) is 39.3 Å². The summed E-state index contributed by atoms with van der Waals surface area (Å²) >= 11 is 1.38. The summed E-state index contributed by atoms with van der Waals surface area (Å²) in [7, 11) is 0. The van der Waals surface area contributed by atoms with Gasteiger partial charge in [-0.05, 0) is 31.8 Å². The molecule has 13 nitrogen and oxygen atoms in total. The Bertz CT molecular complexity index is 648. The summed E-state index contributed by atoms with van der Waals surface area (Å²) < 4.78 is 0. The molecule has 0 aromatic heterocycles. The highest BCUT2D eigenvalue weighted by Crippen LogP contribution is 2.03. The Morgan fingerprint density at radius 2 is 1.45 bits per heavy atom. The molecule has 0 aromatic carbocycles. The smallest absolute Gasteiger partial charge is 0.326 e. The van der Waals surface area contributed by atoms with Gasteiger partial charge in [0.1, 0.15) is 24.2 Å². The molecule has 5 atom stereocenters. The van der Waals surface area contributed by atoms with Crippen molar-refractivity contribution in [1.82, 2.24) is 16.0 Å². The van der Waals surface area contributed by atoms with Crippen LogP contribution in [0, 0.1) is 0 Å². The maximum Gasteiger partial charge on any atom is 0.326 e. The van der Waals surface area contributed by atoms with Crippen LogP contribution in [0.1, 0.15) is 26.2 Å². The molecule has 0 saturated carbocycles. The predicted octanol–water partition coefficient (Wildman–Crippen LogP) is -3.76. The number of aliphatic hydroxyl groups is 2. The number of carboxylic acids is 1. The summed E-state index contributed by atoms with van der Waals surface area (Å²) in [5.74, 6) is -4.32. The molecule has 0 radical (unpaired) electrons. The highest BCUT2D eigenvalue weighted by Gasteiger charge is 2.30. The van der Waals surface area contributed by atoms with Gasteiger partial charge in [0.05, 0.1) is 12.7 Å². The van der Waals surface area contributed by atoms with Crippen LogP contribution < -0.4 is 27.4 Å². The third-order valence-corrected chi connectivity index (χ3v) is 4.82. The predicted molar refractivity (Wildman–Crippen MR) is 112 cm³/mol. The molecule has 0 rings (SSSR count). The van der Waals surface area contributed by atoms with Crippen molar-refractivity contribution in [3.05, 3.63) is 0 Å². The molecule has 0 heterocycles. The van der Waals surface area contributed by atoms with E-state index in [1.165, 1.54) is 18.7 Å². The molecule has 0 saturated heterocycles. The van der Waals surface area contributed by atoms with E-state index >= 15 is 0 Å². The summed E-state index contributed by atoms with van der Waals surface area (Å²) in [6, 6.07) is -5.44. The van der Waals surface area contributed by atoms with Crippen LogP contribution in [0.25, 0.3) is 0 Å². The van der Waals surface area contributed by atoms with Crippen molar-refractivity contribution < 1.29 is 39.3 Å². The van der Waals surface area contributed by atoms with Crippen LogP contribution >= 0.6 is 11.8 Å². The molecule has 10 N–H and O–H groups in total. The van der Waals surface area contributed by atoms with Gasteiger partial charge in [0, 0.05) is 6.42 Å². The SMILES string of the molecule is CSCCC(NC(=O)C(CO)NC(=O)C(CCC(N)=O)NC(=O)C(N)C(C)O)C(=O)O. The van der Waals surface area contributed by atoms with Gasteiger partial charge in [-0.3, -0.25) is 19.2 Å². The van der Waals surface area contributed by atoms with Crippen molar-refractivity contribution >= 4 is 41.4 Å². The second kappa shape index (κ2) is 14.6. The Kier molecular flexibility index (Phi) is 13.4. The zero-order valence-electron chi connectivity index (χ0n) is 17.4. The quantitative estimate of drug-likeness (QED) is 0.118. The number of thioether (sulfide) groups is 1. The maximum atomic E-state index is 12.6. The van der Waals surface area contributed by atoms with E-state index in [1.807, 2.05) is 0 Å². The Hall–Kier alpha value is -2.42. The van der Waals surface area contributed by atoms with Gasteiger partial charge in [-0.2, -0.15) is 11.8 Å². The van der Waals surface area contributed by atoms with Gasteiger partial charge < -0.3 is 42.7 Å². The van der Waals surface area contributed by atoms with E-state index in [0.717, 1.165) is 0 Å². The van der Waals surface area contributed by atoms with E-state index < -0.39 is 66.5 Å². The normalized spacial score (nSPS) is 15.6. The molecule has 0 bridgehead atoms. The number of carbonyl (C=O) groups is 5. The van der Waals surface area contributed by atoms with Gasteiger partial charge >= 0.3 is 5.97 Å². The molecule has 178 valence electrons. The van der Waals surface area contributed by atoms with Crippen molar-refractivity contribution in [2.75, 3.05) is 18.6 Å². The first-order valence-electron chi connectivity index (χ1n) is 9.40. The van der Waals surface area contributed by atoms with Crippen LogP contribution in [0.15, 0.2) is 0 Å². The van der Waals surface area contributed by atoms with Crippen LogP contribution in [-0.4, -0.2) is 93.8 Å². The first kappa shape index (κ1) is 28.6. The van der Waals surface area contributed by atoms with Gasteiger partial charge in [0.2, 0.25) is 23.6 Å². The number of aliphatic hydroxyl groups excluding tert-OH is 2. The lowest BCUT2D eigenvalue weighted by atomic mass is 10.1.